The highest BCUT2D eigenvalue weighted by molar-refractivity contribution is 5.90. The van der Waals surface area contributed by atoms with E-state index in [1.165, 1.54) is 0 Å². The first-order chi connectivity index (χ1) is 18.9. The number of amides is 1. The van der Waals surface area contributed by atoms with E-state index in [1.807, 2.05) is 78.9 Å². The number of aryl methyl sites for hydroxylation is 1. The molecule has 0 saturated heterocycles. The zero-order valence-corrected chi connectivity index (χ0v) is 22.0. The summed E-state index contributed by atoms with van der Waals surface area (Å²) in [5.74, 6) is -0.228. The number of anilines is 1. The normalized spacial score (nSPS) is 14.4. The third-order valence-corrected chi connectivity index (χ3v) is 7.29. The standard InChI is InChI=1S/C31H31N3O5/c1-34-28(33-30(37)39-27(16-19-38-2)24-6-4-3-5-7-24)26(20-32-34)23-10-8-21(9-11-23)22-12-14-25(15-13-22)31(17-18-31)29(35)36/h3-15,20,27H,16-19H2,1-2H3,(H,33,37)(H,35,36). The van der Waals surface area contributed by atoms with E-state index in [-0.39, 0.29) is 0 Å². The quantitative estimate of drug-likeness (QED) is 0.256. The zero-order valence-electron chi connectivity index (χ0n) is 22.0. The van der Waals surface area contributed by atoms with E-state index in [0.717, 1.165) is 33.4 Å². The second-order valence-corrected chi connectivity index (χ2v) is 9.78. The lowest BCUT2D eigenvalue weighted by Crippen LogP contribution is -2.20. The number of carboxylic acids is 1. The lowest BCUT2D eigenvalue weighted by molar-refractivity contribution is -0.140. The Morgan fingerprint density at radius 3 is 2.18 bits per heavy atom. The van der Waals surface area contributed by atoms with Crippen LogP contribution in [-0.4, -0.2) is 40.7 Å². The van der Waals surface area contributed by atoms with E-state index in [4.69, 9.17) is 9.47 Å². The van der Waals surface area contributed by atoms with Gasteiger partial charge in [-0.1, -0.05) is 78.9 Å². The number of ether oxygens (including phenoxy) is 2. The van der Waals surface area contributed by atoms with Gasteiger partial charge in [0.1, 0.15) is 11.9 Å². The van der Waals surface area contributed by atoms with Crippen molar-refractivity contribution in [2.45, 2.75) is 30.8 Å². The van der Waals surface area contributed by atoms with Crippen LogP contribution in [0.1, 0.15) is 36.5 Å². The van der Waals surface area contributed by atoms with Gasteiger partial charge in [-0.15, -0.1) is 0 Å². The van der Waals surface area contributed by atoms with E-state index < -0.39 is 23.6 Å². The van der Waals surface area contributed by atoms with E-state index in [2.05, 4.69) is 10.4 Å². The van der Waals surface area contributed by atoms with Crippen molar-refractivity contribution in [3.05, 3.63) is 96.2 Å². The largest absolute Gasteiger partial charge is 0.481 e. The molecule has 3 aromatic carbocycles. The van der Waals surface area contributed by atoms with Crippen molar-refractivity contribution in [3.8, 4) is 22.3 Å². The van der Waals surface area contributed by atoms with Crippen LogP contribution in [-0.2, 0) is 26.7 Å². The van der Waals surface area contributed by atoms with E-state index in [9.17, 15) is 14.7 Å². The number of methoxy groups -OCH3 is 1. The molecule has 2 N–H and O–H groups in total. The van der Waals surface area contributed by atoms with Crippen LogP contribution in [0.4, 0.5) is 10.6 Å². The molecule has 0 aliphatic heterocycles. The summed E-state index contributed by atoms with van der Waals surface area (Å²) < 4.78 is 12.6. The first-order valence-electron chi connectivity index (χ1n) is 12.9. The second-order valence-electron chi connectivity index (χ2n) is 9.78. The highest BCUT2D eigenvalue weighted by atomic mass is 16.6. The van der Waals surface area contributed by atoms with Gasteiger partial charge in [0, 0.05) is 26.1 Å². The van der Waals surface area contributed by atoms with Crippen LogP contribution in [0.25, 0.3) is 22.3 Å². The number of benzene rings is 3. The number of rotatable bonds is 10. The van der Waals surface area contributed by atoms with Gasteiger partial charge in [-0.05, 0) is 40.7 Å². The van der Waals surface area contributed by atoms with E-state index in [0.29, 0.717) is 31.7 Å². The fourth-order valence-corrected chi connectivity index (χ4v) is 4.81. The van der Waals surface area contributed by atoms with Crippen molar-refractivity contribution >= 4 is 17.9 Å². The molecule has 0 spiro atoms. The molecule has 1 aromatic heterocycles. The molecule has 8 heteroatoms. The number of aromatic nitrogens is 2. The molecule has 0 radical (unpaired) electrons. The van der Waals surface area contributed by atoms with Gasteiger partial charge >= 0.3 is 12.1 Å². The van der Waals surface area contributed by atoms with Gasteiger partial charge in [-0.2, -0.15) is 5.10 Å². The summed E-state index contributed by atoms with van der Waals surface area (Å²) in [6.45, 7) is 0.458. The van der Waals surface area contributed by atoms with Crippen LogP contribution in [0.15, 0.2) is 85.1 Å². The Balaban J connectivity index is 1.30. The Labute approximate surface area is 227 Å². The molecule has 1 saturated carbocycles. The van der Waals surface area contributed by atoms with Crippen LogP contribution >= 0.6 is 0 Å². The summed E-state index contributed by atoms with van der Waals surface area (Å²) in [7, 11) is 3.38. The molecule has 1 amide bonds. The number of nitrogens with zero attached hydrogens (tertiary/aromatic N) is 2. The summed E-state index contributed by atoms with van der Waals surface area (Å²) in [4.78, 5) is 24.5. The molecule has 1 atom stereocenters. The van der Waals surface area contributed by atoms with E-state index >= 15 is 0 Å². The fourth-order valence-electron chi connectivity index (χ4n) is 4.81. The van der Waals surface area contributed by atoms with Crippen molar-refractivity contribution in [3.63, 3.8) is 0 Å². The molecule has 0 bridgehead atoms. The monoisotopic (exact) mass is 525 g/mol. The second kappa shape index (κ2) is 11.1. The lowest BCUT2D eigenvalue weighted by Gasteiger charge is -2.19. The van der Waals surface area contributed by atoms with Crippen LogP contribution in [0, 0.1) is 0 Å². The van der Waals surface area contributed by atoms with Gasteiger partial charge in [-0.25, -0.2) is 4.79 Å². The number of carboxylic acid groups (broad SMARTS) is 1. The number of aliphatic carboxylic acids is 1. The summed E-state index contributed by atoms with van der Waals surface area (Å²) in [6, 6.07) is 25.3. The maximum Gasteiger partial charge on any atom is 0.413 e. The fraction of sp³-hybridized carbons (Fsp3) is 0.258. The maximum atomic E-state index is 12.9. The molecule has 1 fully saturated rings. The van der Waals surface area contributed by atoms with Gasteiger partial charge < -0.3 is 14.6 Å². The van der Waals surface area contributed by atoms with Crippen molar-refractivity contribution in [1.82, 2.24) is 9.78 Å². The summed E-state index contributed by atoms with van der Waals surface area (Å²) in [5.41, 5.74) is 4.70. The predicted molar refractivity (Wildman–Crippen MR) is 148 cm³/mol. The predicted octanol–water partition coefficient (Wildman–Crippen LogP) is 6.20. The van der Waals surface area contributed by atoms with Gasteiger partial charge in [0.2, 0.25) is 0 Å². The minimum atomic E-state index is -0.755. The van der Waals surface area contributed by atoms with Crippen molar-refractivity contribution in [2.24, 2.45) is 7.05 Å². The van der Waals surface area contributed by atoms with E-state index in [1.54, 1.807) is 25.0 Å². The molecule has 200 valence electrons. The highest BCUT2D eigenvalue weighted by Crippen LogP contribution is 2.48. The molecule has 4 aromatic rings. The first-order valence-corrected chi connectivity index (χ1v) is 12.9. The molecule has 1 heterocycles. The van der Waals surface area contributed by atoms with Gasteiger partial charge in [-0.3, -0.25) is 14.8 Å². The third kappa shape index (κ3) is 5.56. The molecule has 1 aliphatic rings. The van der Waals surface area contributed by atoms with Crippen molar-refractivity contribution in [1.29, 1.82) is 0 Å². The Bertz CT molecular complexity index is 1440. The lowest BCUT2D eigenvalue weighted by atomic mass is 9.93. The van der Waals surface area contributed by atoms with Crippen LogP contribution in [0.2, 0.25) is 0 Å². The number of nitrogens with one attached hydrogen (secondary N) is 1. The first kappa shape index (κ1) is 26.2. The maximum absolute atomic E-state index is 12.9. The Morgan fingerprint density at radius 1 is 0.974 bits per heavy atom. The topological polar surface area (TPSA) is 103 Å². The molecule has 1 aliphatic carbocycles. The Hall–Kier alpha value is -4.43. The van der Waals surface area contributed by atoms with Crippen LogP contribution < -0.4 is 5.32 Å². The Kier molecular flexibility index (Phi) is 7.47. The molecule has 5 rings (SSSR count). The Morgan fingerprint density at radius 2 is 1.59 bits per heavy atom. The number of carbonyl (C=O) groups excluding carboxylic acids is 1. The SMILES string of the molecule is COCCC(OC(=O)Nc1c(-c2ccc(-c3ccc(C4(C(=O)O)CC4)cc3)cc2)cnn1C)c1ccccc1. The third-order valence-electron chi connectivity index (χ3n) is 7.29. The minimum Gasteiger partial charge on any atom is -0.481 e. The number of hydrogen-bond donors (Lipinski definition) is 2. The number of hydrogen-bond acceptors (Lipinski definition) is 5. The van der Waals surface area contributed by atoms with Gasteiger partial charge in [0.15, 0.2) is 0 Å². The molecule has 1 unspecified atom stereocenters. The zero-order chi connectivity index (χ0) is 27.4. The average molecular weight is 526 g/mol. The molecule has 39 heavy (non-hydrogen) atoms. The molecule has 8 nitrogen and oxygen atoms in total. The van der Waals surface area contributed by atoms with Gasteiger partial charge in [0.25, 0.3) is 0 Å². The summed E-state index contributed by atoms with van der Waals surface area (Å²) in [5, 5.41) is 16.8. The molecular weight excluding hydrogens is 494 g/mol. The van der Waals surface area contributed by atoms with Crippen molar-refractivity contribution in [2.75, 3.05) is 19.0 Å². The summed E-state index contributed by atoms with van der Waals surface area (Å²) in [6.07, 6.45) is 2.60. The van der Waals surface area contributed by atoms with Crippen molar-refractivity contribution < 1.29 is 24.2 Å². The van der Waals surface area contributed by atoms with Crippen LogP contribution in [0.3, 0.4) is 0 Å². The van der Waals surface area contributed by atoms with Crippen LogP contribution in [0.5, 0.6) is 0 Å². The average Bonchev–Trinajstić information content (AvgIpc) is 3.71. The number of carbonyl (C=O) groups is 2. The smallest absolute Gasteiger partial charge is 0.413 e. The highest BCUT2D eigenvalue weighted by Gasteiger charge is 2.51. The summed E-state index contributed by atoms with van der Waals surface area (Å²) >= 11 is 0. The van der Waals surface area contributed by atoms with Gasteiger partial charge in [0.05, 0.1) is 18.2 Å². The minimum absolute atomic E-state index is 0.446. The molecular formula is C31H31N3O5.